The summed E-state index contributed by atoms with van der Waals surface area (Å²) >= 11 is 0. The van der Waals surface area contributed by atoms with Crippen molar-refractivity contribution in [2.45, 2.75) is 135 Å². The van der Waals surface area contributed by atoms with Crippen LogP contribution in [0.3, 0.4) is 0 Å². The molecule has 3 aliphatic rings. The van der Waals surface area contributed by atoms with E-state index in [2.05, 4.69) is 5.43 Å². The number of amides is 1. The summed E-state index contributed by atoms with van der Waals surface area (Å²) in [6.07, 6.45) is -1.62. The van der Waals surface area contributed by atoms with Gasteiger partial charge in [-0.15, -0.1) is 0 Å². The molecule has 3 aliphatic heterocycles. The summed E-state index contributed by atoms with van der Waals surface area (Å²) in [5.41, 5.74) is 1.65. The van der Waals surface area contributed by atoms with E-state index in [1.54, 1.807) is 58.2 Å². The van der Waals surface area contributed by atoms with Gasteiger partial charge in [0.1, 0.15) is 29.8 Å². The highest BCUT2D eigenvalue weighted by molar-refractivity contribution is 5.88. The zero-order chi connectivity index (χ0) is 38.0. The standard InChI is InChI=1S/C38H59N3O10/c1-12-29-38(8)32(41(36(46)51-38)39-20-26-14-13-15-27(42)18-26)25(6)30(43)23(4)19-37(7,47-11)33(21(2)16-22(3)34(45)49-29)50-35-31(44)28(40(9)10)17-24(5)48-35/h13-16,18,21,23-25,28-29,31-33,35,39,42,44H,12,17,19-20H2,1-11H3/b22-16+/t21-,23+,24+,25-,28-,29+,31+,32+,33+,35-,37+,38+/m0/s1. The summed E-state index contributed by atoms with van der Waals surface area (Å²) in [5, 5.41) is 22.7. The normalized spacial score (nSPS) is 39.5. The van der Waals surface area contributed by atoms with Gasteiger partial charge in [-0.1, -0.05) is 45.9 Å². The molecule has 0 aliphatic carbocycles. The highest BCUT2D eigenvalue weighted by Crippen LogP contribution is 2.42. The van der Waals surface area contributed by atoms with Crippen molar-refractivity contribution in [1.82, 2.24) is 15.3 Å². The number of ether oxygens (including phenoxy) is 5. The molecule has 286 valence electrons. The van der Waals surface area contributed by atoms with E-state index in [1.165, 1.54) is 5.01 Å². The number of aliphatic hydroxyl groups is 1. The van der Waals surface area contributed by atoms with Crippen molar-refractivity contribution in [1.29, 1.82) is 0 Å². The van der Waals surface area contributed by atoms with Crippen LogP contribution in [0.15, 0.2) is 35.9 Å². The van der Waals surface area contributed by atoms with Crippen LogP contribution in [0.1, 0.15) is 80.2 Å². The fourth-order valence-corrected chi connectivity index (χ4v) is 8.28. The van der Waals surface area contributed by atoms with Crippen molar-refractivity contribution in [3.05, 3.63) is 41.5 Å². The first-order valence-electron chi connectivity index (χ1n) is 18.0. The minimum absolute atomic E-state index is 0.0780. The Hall–Kier alpha value is -3.07. The minimum atomic E-state index is -1.40. The quantitative estimate of drug-likeness (QED) is 0.328. The molecular formula is C38H59N3O10. The van der Waals surface area contributed by atoms with E-state index in [-0.39, 0.29) is 36.6 Å². The Morgan fingerprint density at radius 1 is 1.12 bits per heavy atom. The number of nitrogens with zero attached hydrogens (tertiary/aromatic N) is 2. The molecule has 13 nitrogen and oxygen atoms in total. The highest BCUT2D eigenvalue weighted by atomic mass is 16.7. The third-order valence-electron chi connectivity index (χ3n) is 11.0. The lowest BCUT2D eigenvalue weighted by Gasteiger charge is -2.46. The second-order valence-electron chi connectivity index (χ2n) is 15.3. The number of cyclic esters (lactones) is 1. The zero-order valence-corrected chi connectivity index (χ0v) is 32.0. The average molecular weight is 718 g/mol. The van der Waals surface area contributed by atoms with E-state index in [0.717, 1.165) is 0 Å². The number of phenolic OH excluding ortho intramolecular Hbond substituents is 1. The molecule has 12 atom stereocenters. The molecule has 1 aromatic rings. The van der Waals surface area contributed by atoms with Crippen LogP contribution in [0.25, 0.3) is 0 Å². The average Bonchev–Trinajstić information content (AvgIpc) is 3.33. The molecule has 1 amide bonds. The Morgan fingerprint density at radius 2 is 1.80 bits per heavy atom. The number of rotatable bonds is 8. The number of carbonyl (C=O) groups is 3. The van der Waals surface area contributed by atoms with Crippen LogP contribution >= 0.6 is 0 Å². The Kier molecular flexibility index (Phi) is 13.0. The Labute approximate surface area is 302 Å². The minimum Gasteiger partial charge on any atom is -0.508 e. The van der Waals surface area contributed by atoms with Gasteiger partial charge in [0.25, 0.3) is 0 Å². The third kappa shape index (κ3) is 8.60. The van der Waals surface area contributed by atoms with E-state index in [4.69, 9.17) is 23.7 Å². The number of aromatic hydroxyl groups is 1. The van der Waals surface area contributed by atoms with Crippen molar-refractivity contribution >= 4 is 17.8 Å². The van der Waals surface area contributed by atoms with Gasteiger partial charge < -0.3 is 38.8 Å². The lowest BCUT2D eigenvalue weighted by molar-refractivity contribution is -0.294. The fourth-order valence-electron chi connectivity index (χ4n) is 8.28. The first-order chi connectivity index (χ1) is 23.9. The second-order valence-corrected chi connectivity index (χ2v) is 15.3. The number of nitrogens with one attached hydrogen (secondary N) is 1. The van der Waals surface area contributed by atoms with Gasteiger partial charge in [0.2, 0.25) is 0 Å². The molecule has 0 radical (unpaired) electrons. The molecule has 0 saturated carbocycles. The number of benzene rings is 1. The lowest BCUT2D eigenvalue weighted by Crippen LogP contribution is -2.60. The number of esters is 1. The van der Waals surface area contributed by atoms with Crippen molar-refractivity contribution in [3.63, 3.8) is 0 Å². The van der Waals surface area contributed by atoms with Gasteiger partial charge in [-0.25, -0.2) is 20.0 Å². The summed E-state index contributed by atoms with van der Waals surface area (Å²) in [6, 6.07) is 5.54. The van der Waals surface area contributed by atoms with Crippen LogP contribution in [0, 0.1) is 17.8 Å². The number of fused-ring (bicyclic) bond motifs is 1. The monoisotopic (exact) mass is 717 g/mol. The molecular weight excluding hydrogens is 658 g/mol. The number of ketones is 1. The van der Waals surface area contributed by atoms with Crippen LogP contribution < -0.4 is 5.43 Å². The van der Waals surface area contributed by atoms with Gasteiger partial charge in [0.05, 0.1) is 17.8 Å². The van der Waals surface area contributed by atoms with Gasteiger partial charge in [0.15, 0.2) is 11.9 Å². The molecule has 3 N–H and O–H groups in total. The van der Waals surface area contributed by atoms with Gasteiger partial charge in [-0.3, -0.25) is 4.79 Å². The number of carbonyl (C=O) groups excluding carboxylic acids is 3. The summed E-state index contributed by atoms with van der Waals surface area (Å²) in [5.74, 6) is -2.51. The highest BCUT2D eigenvalue weighted by Gasteiger charge is 2.60. The summed E-state index contributed by atoms with van der Waals surface area (Å²) < 4.78 is 31.2. The molecule has 0 aromatic heterocycles. The van der Waals surface area contributed by atoms with Crippen LogP contribution in [0.4, 0.5) is 4.79 Å². The van der Waals surface area contributed by atoms with E-state index in [1.807, 2.05) is 53.6 Å². The smallest absolute Gasteiger partial charge is 0.425 e. The SMILES string of the molecule is CC[C@H]1OC(=O)/C(C)=C/[C@H](C)[C@@H](O[C@@H]2O[C@H](C)C[C@H](N(C)C)[C@H]2O)[C@](C)(OC)C[C@@H](C)C(=O)[C@H](C)[C@H]2N(NCc3cccc(O)c3)C(=O)O[C@]12C. The molecule has 0 unspecified atom stereocenters. The maximum Gasteiger partial charge on any atom is 0.425 e. The molecule has 1 aromatic carbocycles. The number of hydrogen-bond donors (Lipinski definition) is 3. The molecule has 3 heterocycles. The molecule has 0 bridgehead atoms. The summed E-state index contributed by atoms with van der Waals surface area (Å²) in [6.45, 7) is 14.6. The van der Waals surface area contributed by atoms with E-state index >= 15 is 0 Å². The van der Waals surface area contributed by atoms with Crippen LogP contribution in [0.2, 0.25) is 0 Å². The number of likely N-dealkylation sites (N-methyl/N-ethyl adjacent to an activating group) is 1. The predicted octanol–water partition coefficient (Wildman–Crippen LogP) is 4.34. The van der Waals surface area contributed by atoms with E-state index in [9.17, 15) is 24.6 Å². The second kappa shape index (κ2) is 16.3. The van der Waals surface area contributed by atoms with E-state index in [0.29, 0.717) is 24.0 Å². The number of methoxy groups -OCH3 is 1. The van der Waals surface area contributed by atoms with Gasteiger partial charge in [-0.2, -0.15) is 0 Å². The Morgan fingerprint density at radius 3 is 2.41 bits per heavy atom. The molecule has 4 rings (SSSR count). The number of aliphatic hydroxyl groups excluding tert-OH is 1. The predicted molar refractivity (Wildman–Crippen MR) is 189 cm³/mol. The summed E-state index contributed by atoms with van der Waals surface area (Å²) in [4.78, 5) is 43.9. The van der Waals surface area contributed by atoms with Gasteiger partial charge in [0, 0.05) is 43.0 Å². The van der Waals surface area contributed by atoms with Gasteiger partial charge in [-0.05, 0) is 78.7 Å². The van der Waals surface area contributed by atoms with Crippen molar-refractivity contribution in [2.24, 2.45) is 17.8 Å². The Bertz CT molecular complexity index is 1440. The largest absolute Gasteiger partial charge is 0.508 e. The van der Waals surface area contributed by atoms with Gasteiger partial charge >= 0.3 is 12.1 Å². The molecule has 2 fully saturated rings. The van der Waals surface area contributed by atoms with E-state index < -0.39 is 71.7 Å². The summed E-state index contributed by atoms with van der Waals surface area (Å²) in [7, 11) is 5.36. The Balaban J connectivity index is 1.76. The van der Waals surface area contributed by atoms with Crippen molar-refractivity contribution < 1.29 is 48.3 Å². The van der Waals surface area contributed by atoms with Crippen LogP contribution in [-0.4, -0.2) is 113 Å². The topological polar surface area (TPSA) is 156 Å². The maximum absolute atomic E-state index is 14.5. The van der Waals surface area contributed by atoms with Crippen molar-refractivity contribution in [3.8, 4) is 5.75 Å². The van der Waals surface area contributed by atoms with Crippen LogP contribution in [-0.2, 0) is 39.8 Å². The zero-order valence-electron chi connectivity index (χ0n) is 32.0. The maximum atomic E-state index is 14.5. The molecule has 0 spiro atoms. The van der Waals surface area contributed by atoms with Crippen LogP contribution in [0.5, 0.6) is 5.75 Å². The number of hydrazine groups is 1. The molecule has 13 heteroatoms. The number of hydrogen-bond acceptors (Lipinski definition) is 12. The third-order valence-corrected chi connectivity index (χ3v) is 11.0. The molecule has 51 heavy (non-hydrogen) atoms. The van der Waals surface area contributed by atoms with Crippen molar-refractivity contribution in [2.75, 3.05) is 21.2 Å². The number of Topliss-reactive ketones (excluding diaryl/α,β-unsaturated/α-hetero) is 1. The first-order valence-corrected chi connectivity index (χ1v) is 18.0. The first kappa shape index (κ1) is 40.7. The lowest BCUT2D eigenvalue weighted by atomic mass is 9.74. The molecule has 2 saturated heterocycles. The number of phenols is 1. The fraction of sp³-hybridized carbons (Fsp3) is 0.711.